The van der Waals surface area contributed by atoms with Gasteiger partial charge in [-0.25, -0.2) is 8.42 Å². The van der Waals surface area contributed by atoms with E-state index < -0.39 is 10.0 Å². The van der Waals surface area contributed by atoms with Gasteiger partial charge in [0.05, 0.1) is 11.4 Å². The first-order valence-corrected chi connectivity index (χ1v) is 12.1. The maximum Gasteiger partial charge on any atom is 0.243 e. The lowest BCUT2D eigenvalue weighted by Crippen LogP contribution is -2.35. The molecule has 30 heavy (non-hydrogen) atoms. The highest BCUT2D eigenvalue weighted by Gasteiger charge is 2.28. The highest BCUT2D eigenvalue weighted by Crippen LogP contribution is 2.33. The summed E-state index contributed by atoms with van der Waals surface area (Å²) in [6, 6.07) is 15.2. The van der Waals surface area contributed by atoms with E-state index in [0.717, 1.165) is 32.1 Å². The number of hydrogen-bond acceptors (Lipinski definition) is 4. The number of anilines is 1. The quantitative estimate of drug-likeness (QED) is 0.767. The number of carbonyl (C=O) groups excluding carboxylic acids is 1. The van der Waals surface area contributed by atoms with Crippen molar-refractivity contribution in [2.45, 2.75) is 43.0 Å². The molecule has 0 saturated carbocycles. The standard InChI is InChI=1S/C23H29N3O3S/c1-25(22-13-6-9-18-8-2-3-12-21(18)22)17-23(27)24-19-10-7-11-20(16-19)30(28,29)26-14-4-5-15-26/h2-3,7-8,10-12,16,22H,4-6,9,13-15,17H2,1H3,(H,24,27). The summed E-state index contributed by atoms with van der Waals surface area (Å²) < 4.78 is 27.1. The van der Waals surface area contributed by atoms with E-state index in [1.54, 1.807) is 24.3 Å². The lowest BCUT2D eigenvalue weighted by Gasteiger charge is -2.32. The highest BCUT2D eigenvalue weighted by molar-refractivity contribution is 7.89. The van der Waals surface area contributed by atoms with Crippen LogP contribution in [0.2, 0.25) is 0 Å². The maximum atomic E-state index is 12.8. The molecule has 2 aromatic carbocycles. The summed E-state index contributed by atoms with van der Waals surface area (Å²) in [6.45, 7) is 1.38. The van der Waals surface area contributed by atoms with Crippen molar-refractivity contribution >= 4 is 21.6 Å². The van der Waals surface area contributed by atoms with Gasteiger partial charge >= 0.3 is 0 Å². The molecule has 1 fully saturated rings. The second-order valence-electron chi connectivity index (χ2n) is 8.21. The van der Waals surface area contributed by atoms with Crippen LogP contribution in [0.5, 0.6) is 0 Å². The van der Waals surface area contributed by atoms with E-state index >= 15 is 0 Å². The summed E-state index contributed by atoms with van der Waals surface area (Å²) in [6.07, 6.45) is 5.03. The number of amides is 1. The van der Waals surface area contributed by atoms with Crippen molar-refractivity contribution in [3.8, 4) is 0 Å². The average molecular weight is 428 g/mol. The van der Waals surface area contributed by atoms with Crippen LogP contribution in [-0.4, -0.2) is 50.2 Å². The summed E-state index contributed by atoms with van der Waals surface area (Å²) in [5.74, 6) is -0.142. The lowest BCUT2D eigenvalue weighted by atomic mass is 9.87. The predicted molar refractivity (Wildman–Crippen MR) is 118 cm³/mol. The number of rotatable bonds is 6. The topological polar surface area (TPSA) is 69.7 Å². The van der Waals surface area contributed by atoms with Crippen LogP contribution in [0.3, 0.4) is 0 Å². The third-order valence-electron chi connectivity index (χ3n) is 6.08. The summed E-state index contributed by atoms with van der Waals surface area (Å²) >= 11 is 0. The summed E-state index contributed by atoms with van der Waals surface area (Å²) in [4.78, 5) is 15.0. The largest absolute Gasteiger partial charge is 0.325 e. The third-order valence-corrected chi connectivity index (χ3v) is 7.98. The van der Waals surface area contributed by atoms with Crippen LogP contribution in [-0.2, 0) is 21.2 Å². The number of hydrogen-bond donors (Lipinski definition) is 1. The van der Waals surface area contributed by atoms with Gasteiger partial charge in [0.15, 0.2) is 0 Å². The molecule has 1 N–H and O–H groups in total. The van der Waals surface area contributed by atoms with E-state index in [-0.39, 0.29) is 23.4 Å². The fourth-order valence-electron chi connectivity index (χ4n) is 4.54. The van der Waals surface area contributed by atoms with Crippen LogP contribution in [0.15, 0.2) is 53.4 Å². The SMILES string of the molecule is CN(CC(=O)Nc1cccc(S(=O)(=O)N2CCCC2)c1)C1CCCc2ccccc21. The third kappa shape index (κ3) is 4.43. The Balaban J connectivity index is 1.42. The molecule has 1 aliphatic heterocycles. The molecule has 1 aliphatic carbocycles. The smallest absolute Gasteiger partial charge is 0.243 e. The highest BCUT2D eigenvalue weighted by atomic mass is 32.2. The van der Waals surface area contributed by atoms with Crippen molar-refractivity contribution in [3.63, 3.8) is 0 Å². The normalized spacial score (nSPS) is 19.6. The number of likely N-dealkylation sites (N-methyl/N-ethyl adjacent to an activating group) is 1. The zero-order chi connectivity index (χ0) is 21.1. The van der Waals surface area contributed by atoms with E-state index in [9.17, 15) is 13.2 Å². The minimum Gasteiger partial charge on any atom is -0.325 e. The first kappa shape index (κ1) is 21.0. The molecule has 1 heterocycles. The van der Waals surface area contributed by atoms with Crippen molar-refractivity contribution in [1.29, 1.82) is 0 Å². The summed E-state index contributed by atoms with van der Waals surface area (Å²) in [7, 11) is -1.53. The second kappa shape index (κ2) is 8.88. The van der Waals surface area contributed by atoms with Crippen molar-refractivity contribution in [2.75, 3.05) is 32.0 Å². The van der Waals surface area contributed by atoms with Gasteiger partial charge in [0.2, 0.25) is 15.9 Å². The molecule has 4 rings (SSSR count). The molecule has 0 aromatic heterocycles. The van der Waals surface area contributed by atoms with Crippen LogP contribution in [0, 0.1) is 0 Å². The van der Waals surface area contributed by atoms with E-state index in [0.29, 0.717) is 18.8 Å². The van der Waals surface area contributed by atoms with Crippen molar-refractivity contribution in [3.05, 3.63) is 59.7 Å². The fraction of sp³-hybridized carbons (Fsp3) is 0.435. The van der Waals surface area contributed by atoms with Gasteiger partial charge in [-0.05, 0) is 68.5 Å². The van der Waals surface area contributed by atoms with Gasteiger partial charge in [0, 0.05) is 24.8 Å². The van der Waals surface area contributed by atoms with Gasteiger partial charge in [0.25, 0.3) is 0 Å². The summed E-state index contributed by atoms with van der Waals surface area (Å²) in [5, 5.41) is 2.88. The Morgan fingerprint density at radius 1 is 1.10 bits per heavy atom. The fourth-order valence-corrected chi connectivity index (χ4v) is 6.10. The summed E-state index contributed by atoms with van der Waals surface area (Å²) in [5.41, 5.74) is 3.18. The van der Waals surface area contributed by atoms with Gasteiger partial charge in [-0.2, -0.15) is 4.31 Å². The number of benzene rings is 2. The number of carbonyl (C=O) groups is 1. The first-order valence-electron chi connectivity index (χ1n) is 10.6. The zero-order valence-corrected chi connectivity index (χ0v) is 18.2. The van der Waals surface area contributed by atoms with Gasteiger partial charge in [-0.1, -0.05) is 30.3 Å². The molecule has 0 spiro atoms. The van der Waals surface area contributed by atoms with Crippen LogP contribution in [0.1, 0.15) is 42.9 Å². The average Bonchev–Trinajstić information content (AvgIpc) is 3.29. The van der Waals surface area contributed by atoms with Crippen molar-refractivity contribution in [1.82, 2.24) is 9.21 Å². The molecule has 1 amide bonds. The monoisotopic (exact) mass is 427 g/mol. The van der Waals surface area contributed by atoms with Crippen molar-refractivity contribution < 1.29 is 13.2 Å². The van der Waals surface area contributed by atoms with Gasteiger partial charge < -0.3 is 5.32 Å². The van der Waals surface area contributed by atoms with Crippen LogP contribution in [0.25, 0.3) is 0 Å². The Labute approximate surface area is 178 Å². The molecule has 6 nitrogen and oxygen atoms in total. The van der Waals surface area contributed by atoms with E-state index in [4.69, 9.17) is 0 Å². The number of nitrogens with one attached hydrogen (secondary N) is 1. The number of nitrogens with zero attached hydrogens (tertiary/aromatic N) is 2. The Morgan fingerprint density at radius 2 is 1.87 bits per heavy atom. The van der Waals surface area contributed by atoms with Crippen molar-refractivity contribution in [2.24, 2.45) is 0 Å². The van der Waals surface area contributed by atoms with Crippen LogP contribution >= 0.6 is 0 Å². The van der Waals surface area contributed by atoms with E-state index in [1.807, 2.05) is 7.05 Å². The Morgan fingerprint density at radius 3 is 2.67 bits per heavy atom. The number of fused-ring (bicyclic) bond motifs is 1. The molecule has 2 aliphatic rings. The maximum absolute atomic E-state index is 12.8. The Bertz CT molecular complexity index is 1020. The molecule has 160 valence electrons. The molecule has 2 aromatic rings. The Kier molecular flexibility index (Phi) is 6.22. The minimum atomic E-state index is -3.50. The Hall–Kier alpha value is -2.22. The van der Waals surface area contributed by atoms with Gasteiger partial charge in [-0.3, -0.25) is 9.69 Å². The molecule has 1 unspecified atom stereocenters. The first-order chi connectivity index (χ1) is 14.4. The lowest BCUT2D eigenvalue weighted by molar-refractivity contribution is -0.117. The van der Waals surface area contributed by atoms with Gasteiger partial charge in [0.1, 0.15) is 0 Å². The van der Waals surface area contributed by atoms with Crippen LogP contribution < -0.4 is 5.32 Å². The second-order valence-corrected chi connectivity index (χ2v) is 10.1. The van der Waals surface area contributed by atoms with Crippen LogP contribution in [0.4, 0.5) is 5.69 Å². The van der Waals surface area contributed by atoms with Gasteiger partial charge in [-0.15, -0.1) is 0 Å². The zero-order valence-electron chi connectivity index (χ0n) is 17.4. The number of sulfonamides is 1. The van der Waals surface area contributed by atoms with E-state index in [2.05, 4.69) is 34.5 Å². The molecule has 1 saturated heterocycles. The number of aryl methyl sites for hydroxylation is 1. The minimum absolute atomic E-state index is 0.142. The molecule has 1 atom stereocenters. The predicted octanol–water partition coefficient (Wildman–Crippen LogP) is 3.42. The van der Waals surface area contributed by atoms with E-state index in [1.165, 1.54) is 15.4 Å². The molecular weight excluding hydrogens is 398 g/mol. The molecule has 7 heteroatoms. The molecule has 0 radical (unpaired) electrons. The molecule has 0 bridgehead atoms. The molecular formula is C23H29N3O3S.